The molecule has 38 heavy (non-hydrogen) atoms. The lowest BCUT2D eigenvalue weighted by atomic mass is 10.1. The first-order valence-corrected chi connectivity index (χ1v) is 15.6. The van der Waals surface area contributed by atoms with Gasteiger partial charge in [0.15, 0.2) is 0 Å². The van der Waals surface area contributed by atoms with E-state index in [1.54, 1.807) is 50.2 Å². The van der Waals surface area contributed by atoms with E-state index in [9.17, 15) is 18.0 Å². The zero-order chi connectivity index (χ0) is 28.0. The van der Waals surface area contributed by atoms with E-state index >= 15 is 0 Å². The average molecular weight is 603 g/mol. The van der Waals surface area contributed by atoms with Crippen molar-refractivity contribution in [3.63, 3.8) is 0 Å². The third kappa shape index (κ3) is 7.78. The molecule has 2 amide bonds. The van der Waals surface area contributed by atoms with E-state index in [-0.39, 0.29) is 43.8 Å². The molecule has 0 spiro atoms. The first-order chi connectivity index (χ1) is 17.9. The number of benzene rings is 2. The van der Waals surface area contributed by atoms with Crippen LogP contribution in [-0.4, -0.2) is 50.0 Å². The molecule has 2 aromatic carbocycles. The molecule has 0 heterocycles. The summed E-state index contributed by atoms with van der Waals surface area (Å²) >= 11 is 19.0. The summed E-state index contributed by atoms with van der Waals surface area (Å²) in [5.41, 5.74) is 1.66. The van der Waals surface area contributed by atoms with E-state index < -0.39 is 16.1 Å². The molecule has 0 bridgehead atoms. The summed E-state index contributed by atoms with van der Waals surface area (Å²) in [5.74, 6) is -0.535. The molecule has 0 aliphatic heterocycles. The zero-order valence-corrected chi connectivity index (χ0v) is 24.9. The monoisotopic (exact) mass is 601 g/mol. The number of hydrogen-bond acceptors (Lipinski definition) is 4. The van der Waals surface area contributed by atoms with Gasteiger partial charge in [0.1, 0.15) is 6.04 Å². The summed E-state index contributed by atoms with van der Waals surface area (Å²) in [6.45, 7) is 3.57. The number of amides is 2. The smallest absolute Gasteiger partial charge is 0.242 e. The molecular formula is C27H34Cl3N3O4S. The maximum absolute atomic E-state index is 13.5. The van der Waals surface area contributed by atoms with Crippen LogP contribution in [0, 0.1) is 6.92 Å². The van der Waals surface area contributed by atoms with Gasteiger partial charge in [-0.1, -0.05) is 59.8 Å². The minimum atomic E-state index is -3.63. The van der Waals surface area contributed by atoms with Crippen LogP contribution >= 0.6 is 34.8 Å². The number of rotatable bonds is 11. The van der Waals surface area contributed by atoms with Crippen LogP contribution < -0.4 is 9.62 Å². The molecule has 208 valence electrons. The Labute approximate surface area is 240 Å². The predicted octanol–water partition coefficient (Wildman–Crippen LogP) is 5.98. The minimum Gasteiger partial charge on any atom is -0.352 e. The van der Waals surface area contributed by atoms with Gasteiger partial charge in [0.2, 0.25) is 21.8 Å². The molecule has 7 nitrogen and oxygen atoms in total. The number of carbonyl (C=O) groups excluding carboxylic acids is 2. The van der Waals surface area contributed by atoms with Gasteiger partial charge in [-0.3, -0.25) is 13.9 Å². The Bertz CT molecular complexity index is 1250. The van der Waals surface area contributed by atoms with Crippen LogP contribution in [0.3, 0.4) is 0 Å². The van der Waals surface area contributed by atoms with E-state index in [1.807, 2.05) is 0 Å². The van der Waals surface area contributed by atoms with E-state index in [0.29, 0.717) is 31.9 Å². The standard InChI is InChI=1S/C27H34Cl3N3O4S/c1-18-22(28)11-7-14-25(18)33(38(3,36)37)16-8-15-26(34)32(17-21-23(29)12-6-13-24(21)30)19(2)27(35)31-20-9-4-5-10-20/h6-7,11-14,19-20H,4-5,8-10,15-17H2,1-3H3,(H,31,35). The predicted molar refractivity (Wildman–Crippen MR) is 154 cm³/mol. The number of nitrogens with one attached hydrogen (secondary N) is 1. The van der Waals surface area contributed by atoms with Crippen LogP contribution in [-0.2, 0) is 26.2 Å². The van der Waals surface area contributed by atoms with Crippen molar-refractivity contribution < 1.29 is 18.0 Å². The fourth-order valence-electron chi connectivity index (χ4n) is 4.68. The normalized spacial score (nSPS) is 14.8. The summed E-state index contributed by atoms with van der Waals surface area (Å²) in [7, 11) is -3.63. The summed E-state index contributed by atoms with van der Waals surface area (Å²) in [6, 6.07) is 9.50. The first-order valence-electron chi connectivity index (χ1n) is 12.7. The number of nitrogens with zero attached hydrogens (tertiary/aromatic N) is 2. The third-order valence-corrected chi connectivity index (χ3v) is 9.22. The number of anilines is 1. The van der Waals surface area contributed by atoms with Crippen molar-refractivity contribution in [2.24, 2.45) is 0 Å². The highest BCUT2D eigenvalue weighted by molar-refractivity contribution is 7.92. The largest absolute Gasteiger partial charge is 0.352 e. The third-order valence-electron chi connectivity index (χ3n) is 6.92. The van der Waals surface area contributed by atoms with Gasteiger partial charge < -0.3 is 10.2 Å². The number of sulfonamides is 1. The first kappa shape index (κ1) is 30.5. The van der Waals surface area contributed by atoms with Crippen molar-refractivity contribution >= 4 is 62.3 Å². The van der Waals surface area contributed by atoms with E-state index in [2.05, 4.69) is 5.32 Å². The number of carbonyl (C=O) groups is 2. The highest BCUT2D eigenvalue weighted by Crippen LogP contribution is 2.29. The second-order valence-corrected chi connectivity index (χ2v) is 12.8. The summed E-state index contributed by atoms with van der Waals surface area (Å²) in [6.07, 6.45) is 5.37. The molecule has 1 aliphatic rings. The van der Waals surface area contributed by atoms with E-state index in [1.165, 1.54) is 9.21 Å². The van der Waals surface area contributed by atoms with E-state index in [0.717, 1.165) is 31.9 Å². The molecule has 0 saturated heterocycles. The van der Waals surface area contributed by atoms with E-state index in [4.69, 9.17) is 34.8 Å². The zero-order valence-electron chi connectivity index (χ0n) is 21.8. The highest BCUT2D eigenvalue weighted by atomic mass is 35.5. The van der Waals surface area contributed by atoms with Crippen molar-refractivity contribution in [3.05, 3.63) is 62.6 Å². The molecule has 3 rings (SSSR count). The Hall–Kier alpha value is -2.00. The van der Waals surface area contributed by atoms with Crippen molar-refractivity contribution in [2.75, 3.05) is 17.1 Å². The van der Waals surface area contributed by atoms with Crippen LogP contribution in [0.4, 0.5) is 5.69 Å². The minimum absolute atomic E-state index is 0.0226. The van der Waals surface area contributed by atoms with Crippen LogP contribution in [0.15, 0.2) is 36.4 Å². The lowest BCUT2D eigenvalue weighted by Crippen LogP contribution is -2.49. The number of halogens is 3. The van der Waals surface area contributed by atoms with Gasteiger partial charge in [-0.15, -0.1) is 0 Å². The van der Waals surface area contributed by atoms with Crippen LogP contribution in [0.1, 0.15) is 56.6 Å². The Morgan fingerprint density at radius 2 is 1.61 bits per heavy atom. The molecule has 11 heteroatoms. The average Bonchev–Trinajstić information content (AvgIpc) is 3.35. The van der Waals surface area contributed by atoms with Crippen molar-refractivity contribution in [1.29, 1.82) is 0 Å². The molecule has 1 N–H and O–H groups in total. The fourth-order valence-corrected chi connectivity index (χ4v) is 6.38. The maximum atomic E-state index is 13.5. The molecule has 1 unspecified atom stereocenters. The molecule has 1 fully saturated rings. The van der Waals surface area contributed by atoms with Crippen molar-refractivity contribution in [2.45, 2.75) is 71.0 Å². The Balaban J connectivity index is 1.78. The van der Waals surface area contributed by atoms with Gasteiger partial charge in [-0.25, -0.2) is 8.42 Å². The van der Waals surface area contributed by atoms with Crippen molar-refractivity contribution in [3.8, 4) is 0 Å². The SMILES string of the molecule is Cc1c(Cl)cccc1N(CCCC(=O)N(Cc1c(Cl)cccc1Cl)C(C)C(=O)NC1CCCC1)S(C)(=O)=O. The molecule has 0 radical (unpaired) electrons. The maximum Gasteiger partial charge on any atom is 0.242 e. The summed E-state index contributed by atoms with van der Waals surface area (Å²) in [4.78, 5) is 28.1. The quantitative estimate of drug-likeness (QED) is 0.343. The van der Waals surface area contributed by atoms with Crippen molar-refractivity contribution in [1.82, 2.24) is 10.2 Å². The molecular weight excluding hydrogens is 569 g/mol. The van der Waals surface area contributed by atoms with Gasteiger partial charge in [0.25, 0.3) is 0 Å². The van der Waals surface area contributed by atoms with Crippen LogP contribution in [0.25, 0.3) is 0 Å². The second kappa shape index (κ2) is 13.4. The Kier molecular flexibility index (Phi) is 10.7. The number of hydrogen-bond donors (Lipinski definition) is 1. The Morgan fingerprint density at radius 1 is 1.03 bits per heavy atom. The van der Waals surface area contributed by atoms with Gasteiger partial charge in [-0.05, 0) is 62.9 Å². The lowest BCUT2D eigenvalue weighted by molar-refractivity contribution is -0.140. The van der Waals surface area contributed by atoms with Gasteiger partial charge in [-0.2, -0.15) is 0 Å². The Morgan fingerprint density at radius 3 is 2.21 bits per heavy atom. The van der Waals surface area contributed by atoms with Gasteiger partial charge >= 0.3 is 0 Å². The van der Waals surface area contributed by atoms with Crippen LogP contribution in [0.5, 0.6) is 0 Å². The highest BCUT2D eigenvalue weighted by Gasteiger charge is 2.30. The molecule has 1 aliphatic carbocycles. The second-order valence-electron chi connectivity index (χ2n) is 9.71. The van der Waals surface area contributed by atoms with Gasteiger partial charge in [0, 0.05) is 46.2 Å². The summed E-state index contributed by atoms with van der Waals surface area (Å²) in [5, 5.41) is 4.32. The molecule has 1 saturated carbocycles. The molecule has 2 aromatic rings. The fraction of sp³-hybridized carbons (Fsp3) is 0.481. The molecule has 1 atom stereocenters. The van der Waals surface area contributed by atoms with Gasteiger partial charge in [0.05, 0.1) is 11.9 Å². The topological polar surface area (TPSA) is 86.8 Å². The summed E-state index contributed by atoms with van der Waals surface area (Å²) < 4.78 is 26.4. The van der Waals surface area contributed by atoms with Crippen LogP contribution in [0.2, 0.25) is 15.1 Å². The molecule has 0 aromatic heterocycles. The lowest BCUT2D eigenvalue weighted by Gasteiger charge is -2.31.